The van der Waals surface area contributed by atoms with Crippen molar-refractivity contribution in [1.82, 2.24) is 10.2 Å². The van der Waals surface area contributed by atoms with Gasteiger partial charge in [0.1, 0.15) is 0 Å². The van der Waals surface area contributed by atoms with Crippen LogP contribution in [-0.2, 0) is 6.54 Å². The van der Waals surface area contributed by atoms with Gasteiger partial charge < -0.3 is 10.6 Å². The van der Waals surface area contributed by atoms with Crippen molar-refractivity contribution in [3.8, 4) is 0 Å². The average molecular weight is 208 g/mol. The van der Waals surface area contributed by atoms with Crippen LogP contribution >= 0.6 is 0 Å². The van der Waals surface area contributed by atoms with Gasteiger partial charge in [-0.2, -0.15) is 5.10 Å². The predicted octanol–water partition coefficient (Wildman–Crippen LogP) is 1.42. The number of rotatable bonds is 3. The summed E-state index contributed by atoms with van der Waals surface area (Å²) in [5, 5.41) is 8.03. The minimum absolute atomic E-state index is 0.234. The Morgan fingerprint density at radius 1 is 1.40 bits per heavy atom. The van der Waals surface area contributed by atoms with Crippen molar-refractivity contribution in [3.05, 3.63) is 17.8 Å². The lowest BCUT2D eigenvalue weighted by Gasteiger charge is -2.28. The molecule has 0 aliphatic carbocycles. The zero-order valence-corrected chi connectivity index (χ0v) is 9.99. The SMILES string of the molecule is CN(CC(C)(C)C)c1nnccc1CN. The van der Waals surface area contributed by atoms with E-state index in [0.717, 1.165) is 17.9 Å². The maximum absolute atomic E-state index is 5.66. The molecule has 0 bridgehead atoms. The number of hydrogen-bond acceptors (Lipinski definition) is 4. The van der Waals surface area contributed by atoms with E-state index in [0.29, 0.717) is 6.54 Å². The molecule has 0 radical (unpaired) electrons. The van der Waals surface area contributed by atoms with Crippen molar-refractivity contribution < 1.29 is 0 Å². The lowest BCUT2D eigenvalue weighted by Crippen LogP contribution is -2.31. The molecule has 0 spiro atoms. The van der Waals surface area contributed by atoms with Crippen LogP contribution < -0.4 is 10.6 Å². The van der Waals surface area contributed by atoms with Gasteiger partial charge in [-0.25, -0.2) is 0 Å². The van der Waals surface area contributed by atoms with E-state index < -0.39 is 0 Å². The third kappa shape index (κ3) is 3.47. The first-order chi connectivity index (χ1) is 6.94. The van der Waals surface area contributed by atoms with Gasteiger partial charge in [0.15, 0.2) is 5.82 Å². The lowest BCUT2D eigenvalue weighted by atomic mass is 9.96. The second kappa shape index (κ2) is 4.57. The van der Waals surface area contributed by atoms with Crippen LogP contribution in [0.4, 0.5) is 5.82 Å². The quantitative estimate of drug-likeness (QED) is 0.816. The van der Waals surface area contributed by atoms with Gasteiger partial charge in [0.2, 0.25) is 0 Å². The molecule has 84 valence electrons. The van der Waals surface area contributed by atoms with E-state index in [1.54, 1.807) is 6.20 Å². The Labute approximate surface area is 91.5 Å². The van der Waals surface area contributed by atoms with Crippen LogP contribution in [0.25, 0.3) is 0 Å². The summed E-state index contributed by atoms with van der Waals surface area (Å²) in [5.74, 6) is 0.884. The molecule has 0 amide bonds. The number of nitrogens with zero attached hydrogens (tertiary/aromatic N) is 3. The summed E-state index contributed by atoms with van der Waals surface area (Å²) in [7, 11) is 2.02. The van der Waals surface area contributed by atoms with Crippen LogP contribution in [0.1, 0.15) is 26.3 Å². The van der Waals surface area contributed by atoms with Gasteiger partial charge in [0, 0.05) is 25.7 Å². The van der Waals surface area contributed by atoms with Gasteiger partial charge in [0.05, 0.1) is 6.20 Å². The molecule has 2 N–H and O–H groups in total. The van der Waals surface area contributed by atoms with Crippen LogP contribution in [0.15, 0.2) is 12.3 Å². The molecular weight excluding hydrogens is 188 g/mol. The Morgan fingerprint density at radius 3 is 2.60 bits per heavy atom. The molecule has 0 aliphatic rings. The Kier molecular flexibility index (Phi) is 3.63. The van der Waals surface area contributed by atoms with E-state index in [1.165, 1.54) is 0 Å². The highest BCUT2D eigenvalue weighted by atomic mass is 15.2. The largest absolute Gasteiger partial charge is 0.357 e. The number of anilines is 1. The average Bonchev–Trinajstić information content (AvgIpc) is 2.15. The third-order valence-corrected chi connectivity index (χ3v) is 2.08. The number of aromatic nitrogens is 2. The molecule has 0 fully saturated rings. The Morgan fingerprint density at radius 2 is 2.07 bits per heavy atom. The fourth-order valence-electron chi connectivity index (χ4n) is 1.62. The predicted molar refractivity (Wildman–Crippen MR) is 62.6 cm³/mol. The molecule has 4 heteroatoms. The first-order valence-electron chi connectivity index (χ1n) is 5.16. The Hall–Kier alpha value is -1.16. The molecule has 1 aromatic heterocycles. The molecule has 0 unspecified atom stereocenters. The standard InChI is InChI=1S/C11H20N4/c1-11(2,3)8-15(4)10-9(7-12)5-6-13-14-10/h5-6H,7-8,12H2,1-4H3. The van der Waals surface area contributed by atoms with E-state index in [2.05, 4.69) is 35.9 Å². The molecule has 0 aliphatic heterocycles. The van der Waals surface area contributed by atoms with E-state index in [9.17, 15) is 0 Å². The molecule has 0 saturated heterocycles. The monoisotopic (exact) mass is 208 g/mol. The second-order valence-electron chi connectivity index (χ2n) is 5.00. The van der Waals surface area contributed by atoms with Crippen molar-refractivity contribution in [3.63, 3.8) is 0 Å². The molecule has 1 heterocycles. The summed E-state index contributed by atoms with van der Waals surface area (Å²) in [6.45, 7) is 8.02. The van der Waals surface area contributed by atoms with Gasteiger partial charge in [-0.3, -0.25) is 0 Å². The Balaban J connectivity index is 2.86. The van der Waals surface area contributed by atoms with E-state index in [-0.39, 0.29) is 5.41 Å². The van der Waals surface area contributed by atoms with Crippen molar-refractivity contribution in [2.24, 2.45) is 11.1 Å². The van der Waals surface area contributed by atoms with Gasteiger partial charge in [-0.05, 0) is 11.5 Å². The maximum Gasteiger partial charge on any atom is 0.155 e. The van der Waals surface area contributed by atoms with Crippen LogP contribution in [0, 0.1) is 5.41 Å². The molecule has 0 saturated carbocycles. The number of nitrogens with two attached hydrogens (primary N) is 1. The Bertz CT molecular complexity index is 317. The first-order valence-corrected chi connectivity index (χ1v) is 5.16. The zero-order valence-electron chi connectivity index (χ0n) is 9.99. The molecule has 4 nitrogen and oxygen atoms in total. The fourth-order valence-corrected chi connectivity index (χ4v) is 1.62. The highest BCUT2D eigenvalue weighted by Gasteiger charge is 2.16. The highest BCUT2D eigenvalue weighted by Crippen LogP contribution is 2.20. The zero-order chi connectivity index (χ0) is 11.5. The summed E-state index contributed by atoms with van der Waals surface area (Å²) in [5.41, 5.74) is 6.93. The number of hydrogen-bond donors (Lipinski definition) is 1. The fraction of sp³-hybridized carbons (Fsp3) is 0.636. The summed E-state index contributed by atoms with van der Waals surface area (Å²) in [6.07, 6.45) is 1.68. The van der Waals surface area contributed by atoms with E-state index in [1.807, 2.05) is 13.1 Å². The minimum atomic E-state index is 0.234. The second-order valence-corrected chi connectivity index (χ2v) is 5.00. The molecule has 0 atom stereocenters. The summed E-state index contributed by atoms with van der Waals surface area (Å²) in [4.78, 5) is 2.11. The molecule has 15 heavy (non-hydrogen) atoms. The van der Waals surface area contributed by atoms with Crippen LogP contribution in [-0.4, -0.2) is 23.8 Å². The van der Waals surface area contributed by atoms with Crippen LogP contribution in [0.2, 0.25) is 0 Å². The van der Waals surface area contributed by atoms with Crippen molar-refractivity contribution >= 4 is 5.82 Å². The van der Waals surface area contributed by atoms with Crippen molar-refractivity contribution in [2.75, 3.05) is 18.5 Å². The molecule has 0 aromatic carbocycles. The summed E-state index contributed by atoms with van der Waals surface area (Å²) in [6, 6.07) is 1.92. The first kappa shape index (κ1) is 11.9. The third-order valence-electron chi connectivity index (χ3n) is 2.08. The molecular formula is C11H20N4. The highest BCUT2D eigenvalue weighted by molar-refractivity contribution is 5.44. The van der Waals surface area contributed by atoms with Crippen LogP contribution in [0.5, 0.6) is 0 Å². The smallest absolute Gasteiger partial charge is 0.155 e. The van der Waals surface area contributed by atoms with E-state index in [4.69, 9.17) is 5.73 Å². The van der Waals surface area contributed by atoms with Gasteiger partial charge in [0.25, 0.3) is 0 Å². The normalized spacial score (nSPS) is 11.5. The molecule has 1 aromatic rings. The lowest BCUT2D eigenvalue weighted by molar-refractivity contribution is 0.417. The van der Waals surface area contributed by atoms with Gasteiger partial charge >= 0.3 is 0 Å². The van der Waals surface area contributed by atoms with Crippen LogP contribution in [0.3, 0.4) is 0 Å². The summed E-state index contributed by atoms with van der Waals surface area (Å²) < 4.78 is 0. The maximum atomic E-state index is 5.66. The molecule has 1 rings (SSSR count). The van der Waals surface area contributed by atoms with E-state index >= 15 is 0 Å². The van der Waals surface area contributed by atoms with Gasteiger partial charge in [-0.1, -0.05) is 20.8 Å². The van der Waals surface area contributed by atoms with Gasteiger partial charge in [-0.15, -0.1) is 5.10 Å². The summed E-state index contributed by atoms with van der Waals surface area (Å²) >= 11 is 0. The van der Waals surface area contributed by atoms with Crippen molar-refractivity contribution in [2.45, 2.75) is 27.3 Å². The van der Waals surface area contributed by atoms with Crippen molar-refractivity contribution in [1.29, 1.82) is 0 Å². The topological polar surface area (TPSA) is 55.0 Å². The minimum Gasteiger partial charge on any atom is -0.357 e.